The van der Waals surface area contributed by atoms with E-state index < -0.39 is 0 Å². The highest BCUT2D eigenvalue weighted by atomic mass is 16.3. The van der Waals surface area contributed by atoms with Gasteiger partial charge in [0.2, 0.25) is 0 Å². The molecule has 2 heteroatoms. The number of phenols is 2. The van der Waals surface area contributed by atoms with Crippen LogP contribution in [0.1, 0.15) is 36.8 Å². The molecule has 0 aliphatic heterocycles. The third kappa shape index (κ3) is 2.48. The van der Waals surface area contributed by atoms with Gasteiger partial charge in [-0.2, -0.15) is 0 Å². The molecular weight excluding hydrogens is 224 g/mol. The van der Waals surface area contributed by atoms with Gasteiger partial charge in [-0.15, -0.1) is 0 Å². The van der Waals surface area contributed by atoms with Crippen molar-refractivity contribution in [2.24, 2.45) is 0 Å². The Hall–Kier alpha value is -1.96. The van der Waals surface area contributed by atoms with Crippen molar-refractivity contribution in [3.63, 3.8) is 0 Å². The summed E-state index contributed by atoms with van der Waals surface area (Å²) in [6, 6.07) is 14.9. The summed E-state index contributed by atoms with van der Waals surface area (Å²) < 4.78 is 0. The summed E-state index contributed by atoms with van der Waals surface area (Å²) in [5.41, 5.74) is 2.01. The van der Waals surface area contributed by atoms with E-state index in [4.69, 9.17) is 0 Å². The van der Waals surface area contributed by atoms with Crippen molar-refractivity contribution in [2.45, 2.75) is 25.7 Å². The first-order valence-electron chi connectivity index (χ1n) is 6.16. The third-order valence-electron chi connectivity index (χ3n) is 3.58. The second kappa shape index (κ2) is 5.13. The lowest BCUT2D eigenvalue weighted by molar-refractivity contribution is 0.444. The van der Waals surface area contributed by atoms with Crippen LogP contribution in [0.4, 0.5) is 0 Å². The molecule has 0 aliphatic carbocycles. The minimum Gasteiger partial charge on any atom is -0.508 e. The zero-order valence-corrected chi connectivity index (χ0v) is 10.7. The van der Waals surface area contributed by atoms with Crippen molar-refractivity contribution in [2.75, 3.05) is 0 Å². The summed E-state index contributed by atoms with van der Waals surface area (Å²) in [4.78, 5) is 0. The van der Waals surface area contributed by atoms with Crippen LogP contribution in [0.5, 0.6) is 11.5 Å². The van der Waals surface area contributed by atoms with E-state index in [0.717, 1.165) is 5.56 Å². The first-order chi connectivity index (χ1) is 8.59. The highest BCUT2D eigenvalue weighted by Gasteiger charge is 2.19. The Balaban J connectivity index is 2.31. The molecule has 2 atom stereocenters. The standard InChI is InChI=1S/C16H18O2/c1-11(13-6-4-3-5-7-13)12(2)15-10-14(17)8-9-16(15)18/h3-12,17-18H,1-2H3. The van der Waals surface area contributed by atoms with E-state index in [-0.39, 0.29) is 23.3 Å². The Morgan fingerprint density at radius 2 is 1.50 bits per heavy atom. The fourth-order valence-corrected chi connectivity index (χ4v) is 2.22. The van der Waals surface area contributed by atoms with E-state index in [0.29, 0.717) is 0 Å². The summed E-state index contributed by atoms with van der Waals surface area (Å²) in [5.74, 6) is 0.844. The zero-order valence-electron chi connectivity index (χ0n) is 10.7. The Morgan fingerprint density at radius 1 is 0.833 bits per heavy atom. The third-order valence-corrected chi connectivity index (χ3v) is 3.58. The van der Waals surface area contributed by atoms with E-state index in [9.17, 15) is 10.2 Å². The average Bonchev–Trinajstić information content (AvgIpc) is 2.41. The van der Waals surface area contributed by atoms with Crippen molar-refractivity contribution in [1.82, 2.24) is 0 Å². The molecule has 0 bridgehead atoms. The van der Waals surface area contributed by atoms with Crippen LogP contribution in [0.2, 0.25) is 0 Å². The molecular formula is C16H18O2. The minimum atomic E-state index is 0.138. The van der Waals surface area contributed by atoms with E-state index in [1.807, 2.05) is 18.2 Å². The van der Waals surface area contributed by atoms with Crippen LogP contribution in [0.25, 0.3) is 0 Å². The molecule has 2 N–H and O–H groups in total. The average molecular weight is 242 g/mol. The number of rotatable bonds is 3. The first-order valence-corrected chi connectivity index (χ1v) is 6.16. The van der Waals surface area contributed by atoms with Crippen molar-refractivity contribution in [3.05, 3.63) is 59.7 Å². The van der Waals surface area contributed by atoms with Crippen LogP contribution in [0, 0.1) is 0 Å². The van der Waals surface area contributed by atoms with Gasteiger partial charge in [0.05, 0.1) is 0 Å². The molecule has 2 aromatic carbocycles. The highest BCUT2D eigenvalue weighted by Crippen LogP contribution is 2.37. The highest BCUT2D eigenvalue weighted by molar-refractivity contribution is 5.42. The number of phenolic OH excluding ortho intramolecular Hbond substituents is 2. The Labute approximate surface area is 108 Å². The molecule has 0 aromatic heterocycles. The predicted octanol–water partition coefficient (Wildman–Crippen LogP) is 4.01. The monoisotopic (exact) mass is 242 g/mol. The molecule has 2 nitrogen and oxygen atoms in total. The number of hydrogen-bond acceptors (Lipinski definition) is 2. The lowest BCUT2D eigenvalue weighted by Crippen LogP contribution is -2.05. The lowest BCUT2D eigenvalue weighted by Gasteiger charge is -2.21. The molecule has 0 saturated carbocycles. The maximum Gasteiger partial charge on any atom is 0.119 e. The molecule has 0 radical (unpaired) electrons. The topological polar surface area (TPSA) is 40.5 Å². The Morgan fingerprint density at radius 3 is 2.17 bits per heavy atom. The number of benzene rings is 2. The van der Waals surface area contributed by atoms with Crippen LogP contribution in [0.15, 0.2) is 48.5 Å². The largest absolute Gasteiger partial charge is 0.508 e. The summed E-state index contributed by atoms with van der Waals surface area (Å²) in [6.07, 6.45) is 0. The van der Waals surface area contributed by atoms with Gasteiger partial charge in [0.1, 0.15) is 11.5 Å². The molecule has 94 valence electrons. The van der Waals surface area contributed by atoms with Crippen LogP contribution < -0.4 is 0 Å². The first kappa shape index (κ1) is 12.5. The molecule has 0 spiro atoms. The van der Waals surface area contributed by atoms with Gasteiger partial charge < -0.3 is 10.2 Å². The van der Waals surface area contributed by atoms with Gasteiger partial charge in [-0.25, -0.2) is 0 Å². The zero-order chi connectivity index (χ0) is 13.1. The van der Waals surface area contributed by atoms with Gasteiger partial charge in [0, 0.05) is 5.56 Å². The van der Waals surface area contributed by atoms with Gasteiger partial charge in [0.25, 0.3) is 0 Å². The minimum absolute atomic E-state index is 0.138. The molecule has 2 aromatic rings. The summed E-state index contributed by atoms with van der Waals surface area (Å²) in [6.45, 7) is 4.19. The van der Waals surface area contributed by atoms with Gasteiger partial charge in [-0.1, -0.05) is 44.2 Å². The SMILES string of the molecule is CC(c1ccccc1)C(C)c1cc(O)ccc1O. The Kier molecular flexibility index (Phi) is 3.56. The quantitative estimate of drug-likeness (QED) is 0.798. The van der Waals surface area contributed by atoms with Crippen molar-refractivity contribution in [3.8, 4) is 11.5 Å². The van der Waals surface area contributed by atoms with Crippen molar-refractivity contribution in [1.29, 1.82) is 0 Å². The second-order valence-corrected chi connectivity index (χ2v) is 4.73. The van der Waals surface area contributed by atoms with Crippen LogP contribution in [0.3, 0.4) is 0 Å². The van der Waals surface area contributed by atoms with Crippen LogP contribution >= 0.6 is 0 Å². The molecule has 2 rings (SSSR count). The molecule has 18 heavy (non-hydrogen) atoms. The van der Waals surface area contributed by atoms with Gasteiger partial charge >= 0.3 is 0 Å². The molecule has 0 fully saturated rings. The molecule has 0 aliphatic rings. The Bertz CT molecular complexity index is 520. The fourth-order valence-electron chi connectivity index (χ4n) is 2.22. The van der Waals surface area contributed by atoms with Crippen LogP contribution in [-0.4, -0.2) is 10.2 Å². The molecule has 0 heterocycles. The fraction of sp³-hybridized carbons (Fsp3) is 0.250. The number of aromatic hydroxyl groups is 2. The molecule has 0 amide bonds. The maximum absolute atomic E-state index is 9.89. The van der Waals surface area contributed by atoms with E-state index in [1.54, 1.807) is 12.1 Å². The second-order valence-electron chi connectivity index (χ2n) is 4.73. The normalized spacial score (nSPS) is 14.1. The van der Waals surface area contributed by atoms with Crippen molar-refractivity contribution < 1.29 is 10.2 Å². The van der Waals surface area contributed by atoms with Crippen LogP contribution in [-0.2, 0) is 0 Å². The maximum atomic E-state index is 9.89. The predicted molar refractivity (Wildman–Crippen MR) is 73.0 cm³/mol. The van der Waals surface area contributed by atoms with E-state index in [1.165, 1.54) is 11.6 Å². The van der Waals surface area contributed by atoms with Gasteiger partial charge in [-0.3, -0.25) is 0 Å². The van der Waals surface area contributed by atoms with Gasteiger partial charge in [0.15, 0.2) is 0 Å². The number of hydrogen-bond donors (Lipinski definition) is 2. The molecule has 0 saturated heterocycles. The summed E-state index contributed by atoms with van der Waals surface area (Å²) >= 11 is 0. The summed E-state index contributed by atoms with van der Waals surface area (Å²) in [5, 5.41) is 19.4. The van der Waals surface area contributed by atoms with E-state index >= 15 is 0 Å². The lowest BCUT2D eigenvalue weighted by atomic mass is 9.83. The van der Waals surface area contributed by atoms with E-state index in [2.05, 4.69) is 26.0 Å². The summed E-state index contributed by atoms with van der Waals surface area (Å²) in [7, 11) is 0. The molecule has 2 unspecified atom stereocenters. The van der Waals surface area contributed by atoms with Crippen molar-refractivity contribution >= 4 is 0 Å². The smallest absolute Gasteiger partial charge is 0.119 e. The van der Waals surface area contributed by atoms with Gasteiger partial charge in [-0.05, 0) is 35.6 Å².